The normalized spacial score (nSPS) is 12.8. The molecule has 3 heterocycles. The summed E-state index contributed by atoms with van der Waals surface area (Å²) in [6.07, 6.45) is 8.48. The van der Waals surface area contributed by atoms with Gasteiger partial charge in [0.25, 0.3) is 0 Å². The van der Waals surface area contributed by atoms with Crippen molar-refractivity contribution in [3.05, 3.63) is 54.6 Å². The molecular formula is C28H34N6O4. The van der Waals surface area contributed by atoms with Crippen LogP contribution in [0, 0.1) is 0 Å². The summed E-state index contributed by atoms with van der Waals surface area (Å²) < 4.78 is 16.1. The molecular weight excluding hydrogens is 484 g/mol. The predicted molar refractivity (Wildman–Crippen MR) is 146 cm³/mol. The molecule has 38 heavy (non-hydrogen) atoms. The van der Waals surface area contributed by atoms with E-state index in [-0.39, 0.29) is 24.8 Å². The summed E-state index contributed by atoms with van der Waals surface area (Å²) in [4.78, 5) is 33.2. The van der Waals surface area contributed by atoms with Crippen molar-refractivity contribution in [1.29, 1.82) is 0 Å². The maximum absolute atomic E-state index is 11.9. The van der Waals surface area contributed by atoms with Crippen molar-refractivity contribution >= 4 is 23.1 Å². The van der Waals surface area contributed by atoms with Crippen LogP contribution in [0.5, 0.6) is 0 Å². The number of nitrogens with zero attached hydrogens (tertiary/aromatic N) is 4. The van der Waals surface area contributed by atoms with Gasteiger partial charge in [-0.3, -0.25) is 10.3 Å². The zero-order valence-electron chi connectivity index (χ0n) is 22.2. The van der Waals surface area contributed by atoms with E-state index in [1.165, 1.54) is 0 Å². The third kappa shape index (κ3) is 6.51. The lowest BCUT2D eigenvalue weighted by Crippen LogP contribution is -2.29. The maximum atomic E-state index is 11.9. The zero-order valence-corrected chi connectivity index (χ0v) is 22.2. The quantitative estimate of drug-likeness (QED) is 0.255. The summed E-state index contributed by atoms with van der Waals surface area (Å²) in [6.45, 7) is 4.12. The number of ether oxygens (including phenoxy) is 3. The second kappa shape index (κ2) is 13.1. The van der Waals surface area contributed by atoms with E-state index in [0.717, 1.165) is 53.6 Å². The van der Waals surface area contributed by atoms with Gasteiger partial charge in [0.15, 0.2) is 5.82 Å². The van der Waals surface area contributed by atoms with Gasteiger partial charge < -0.3 is 19.2 Å². The molecule has 3 aromatic heterocycles. The van der Waals surface area contributed by atoms with Gasteiger partial charge in [0.05, 0.1) is 24.3 Å². The van der Waals surface area contributed by atoms with Crippen molar-refractivity contribution in [3.8, 4) is 22.5 Å². The van der Waals surface area contributed by atoms with Gasteiger partial charge in [0.1, 0.15) is 5.52 Å². The Labute approximate surface area is 222 Å². The van der Waals surface area contributed by atoms with Gasteiger partial charge in [-0.2, -0.15) is 0 Å². The summed E-state index contributed by atoms with van der Waals surface area (Å²) >= 11 is 0. The van der Waals surface area contributed by atoms with E-state index >= 15 is 0 Å². The lowest BCUT2D eigenvalue weighted by atomic mass is 10.0. The number of pyridine rings is 1. The Morgan fingerprint density at radius 2 is 1.82 bits per heavy atom. The van der Waals surface area contributed by atoms with E-state index in [0.29, 0.717) is 11.3 Å². The second-order valence-electron chi connectivity index (χ2n) is 8.81. The number of benzene rings is 1. The van der Waals surface area contributed by atoms with E-state index in [1.54, 1.807) is 39.6 Å². The number of fused-ring (bicyclic) bond motifs is 1. The monoisotopic (exact) mass is 518 g/mol. The third-order valence-corrected chi connectivity index (χ3v) is 6.39. The van der Waals surface area contributed by atoms with Crippen molar-refractivity contribution in [2.75, 3.05) is 26.1 Å². The van der Waals surface area contributed by atoms with Crippen LogP contribution in [0.2, 0.25) is 0 Å². The van der Waals surface area contributed by atoms with E-state index in [1.807, 2.05) is 24.4 Å². The summed E-state index contributed by atoms with van der Waals surface area (Å²) in [5.41, 5.74) is 5.01. The molecule has 4 aromatic rings. The molecule has 0 aliphatic carbocycles. The second-order valence-corrected chi connectivity index (χ2v) is 8.81. The fraction of sp³-hybridized carbons (Fsp3) is 0.393. The first kappa shape index (κ1) is 27.2. The largest absolute Gasteiger partial charge is 0.450 e. The number of amides is 1. The molecule has 0 saturated heterocycles. The predicted octanol–water partition coefficient (Wildman–Crippen LogP) is 5.41. The minimum atomic E-state index is -0.576. The summed E-state index contributed by atoms with van der Waals surface area (Å²) in [5, 5.41) is 2.63. The van der Waals surface area contributed by atoms with Crippen LogP contribution in [0.1, 0.15) is 38.8 Å². The molecule has 4 rings (SSSR count). The highest BCUT2D eigenvalue weighted by atomic mass is 16.5. The Morgan fingerprint density at radius 3 is 2.47 bits per heavy atom. The SMILES string of the molecule is CCOC(=O)Nc1nc2c(-c3ncccn3)cc(-c3ccc(CCC[C@@H](OC)[C@@H](CC)OC)nc3)cc2[nH]1. The minimum absolute atomic E-state index is 0.0762. The van der Waals surface area contributed by atoms with E-state index < -0.39 is 6.09 Å². The first-order valence-electron chi connectivity index (χ1n) is 12.8. The number of aryl methyl sites for hydroxylation is 1. The Hall–Kier alpha value is -3.89. The van der Waals surface area contributed by atoms with Gasteiger partial charge in [-0.15, -0.1) is 0 Å². The molecule has 0 spiro atoms. The molecule has 10 nitrogen and oxygen atoms in total. The van der Waals surface area contributed by atoms with E-state index in [9.17, 15) is 4.79 Å². The minimum Gasteiger partial charge on any atom is -0.450 e. The molecule has 1 amide bonds. The number of carbonyl (C=O) groups is 1. The molecule has 0 fully saturated rings. The van der Waals surface area contributed by atoms with Gasteiger partial charge in [0, 0.05) is 49.6 Å². The molecule has 2 N–H and O–H groups in total. The summed E-state index contributed by atoms with van der Waals surface area (Å²) in [5.74, 6) is 0.821. The number of methoxy groups -OCH3 is 2. The van der Waals surface area contributed by atoms with Gasteiger partial charge >= 0.3 is 6.09 Å². The van der Waals surface area contributed by atoms with Crippen LogP contribution in [0.15, 0.2) is 48.9 Å². The molecule has 2 atom stereocenters. The highest BCUT2D eigenvalue weighted by Crippen LogP contribution is 2.32. The van der Waals surface area contributed by atoms with Crippen LogP contribution in [0.3, 0.4) is 0 Å². The number of anilines is 1. The van der Waals surface area contributed by atoms with Gasteiger partial charge in [-0.25, -0.2) is 19.7 Å². The molecule has 0 bridgehead atoms. The standard InChI is InChI=1S/C28H34N6O4/c1-5-23(36-3)24(37-4)10-7-9-20-12-11-18(17-31-20)19-15-21(26-29-13-8-14-30-26)25-22(16-19)32-27(33-25)34-28(35)38-6-2/h8,11-17,23-24H,5-7,9-10H2,1-4H3,(H2,32,33,34,35)/t23-,24-/m1/s1. The number of aromatic nitrogens is 5. The summed E-state index contributed by atoms with van der Waals surface area (Å²) in [6, 6.07) is 9.83. The molecule has 10 heteroatoms. The lowest BCUT2D eigenvalue weighted by Gasteiger charge is -2.23. The number of imidazole rings is 1. The molecule has 200 valence electrons. The van der Waals surface area contributed by atoms with Crippen LogP contribution < -0.4 is 5.32 Å². The Morgan fingerprint density at radius 1 is 1.03 bits per heavy atom. The average molecular weight is 519 g/mol. The van der Waals surface area contributed by atoms with E-state index in [2.05, 4.69) is 38.2 Å². The van der Waals surface area contributed by atoms with Gasteiger partial charge in [-0.1, -0.05) is 13.0 Å². The third-order valence-electron chi connectivity index (χ3n) is 6.39. The van der Waals surface area contributed by atoms with Gasteiger partial charge in [-0.05, 0) is 62.4 Å². The van der Waals surface area contributed by atoms with Crippen LogP contribution >= 0.6 is 0 Å². The first-order valence-corrected chi connectivity index (χ1v) is 12.8. The van der Waals surface area contributed by atoms with Crippen LogP contribution in [0.25, 0.3) is 33.5 Å². The molecule has 1 aromatic carbocycles. The fourth-order valence-electron chi connectivity index (χ4n) is 4.48. The van der Waals surface area contributed by atoms with Crippen molar-refractivity contribution in [1.82, 2.24) is 24.9 Å². The number of hydrogen-bond acceptors (Lipinski definition) is 8. The van der Waals surface area contributed by atoms with Crippen molar-refractivity contribution in [2.45, 2.75) is 51.7 Å². The van der Waals surface area contributed by atoms with Crippen LogP contribution in [-0.4, -0.2) is 64.0 Å². The van der Waals surface area contributed by atoms with Crippen molar-refractivity contribution in [3.63, 3.8) is 0 Å². The molecule has 0 aliphatic rings. The number of carbonyl (C=O) groups excluding carboxylic acids is 1. The van der Waals surface area contributed by atoms with Crippen LogP contribution in [0.4, 0.5) is 10.7 Å². The number of nitrogens with one attached hydrogen (secondary N) is 2. The average Bonchev–Trinajstić information content (AvgIpc) is 3.35. The van der Waals surface area contributed by atoms with Crippen molar-refractivity contribution < 1.29 is 19.0 Å². The smallest absolute Gasteiger partial charge is 0.413 e. The molecule has 0 radical (unpaired) electrons. The van der Waals surface area contributed by atoms with Gasteiger partial charge in [0.2, 0.25) is 5.95 Å². The number of H-pyrrole nitrogens is 1. The number of hydrogen-bond donors (Lipinski definition) is 2. The first-order chi connectivity index (χ1) is 18.6. The Kier molecular flexibility index (Phi) is 9.34. The highest BCUT2D eigenvalue weighted by Gasteiger charge is 2.19. The Bertz CT molecular complexity index is 1320. The molecule has 0 unspecified atom stereocenters. The number of rotatable bonds is 12. The maximum Gasteiger partial charge on any atom is 0.413 e. The highest BCUT2D eigenvalue weighted by molar-refractivity contribution is 5.96. The lowest BCUT2D eigenvalue weighted by molar-refractivity contribution is -0.0415. The Balaban J connectivity index is 1.57. The van der Waals surface area contributed by atoms with E-state index in [4.69, 9.17) is 19.2 Å². The van der Waals surface area contributed by atoms with Crippen molar-refractivity contribution in [2.24, 2.45) is 0 Å². The topological polar surface area (TPSA) is 124 Å². The number of aromatic amines is 1. The zero-order chi connectivity index (χ0) is 26.9. The van der Waals surface area contributed by atoms with Crippen LogP contribution in [-0.2, 0) is 20.6 Å². The summed E-state index contributed by atoms with van der Waals surface area (Å²) in [7, 11) is 3.47. The fourth-order valence-corrected chi connectivity index (χ4v) is 4.48. The molecule has 0 aliphatic heterocycles. The molecule has 0 saturated carbocycles.